The van der Waals surface area contributed by atoms with E-state index in [2.05, 4.69) is 16.1 Å². The highest BCUT2D eigenvalue weighted by atomic mass is 16.5. The molecule has 2 aromatic rings. The Morgan fingerprint density at radius 3 is 2.42 bits per heavy atom. The molecule has 1 aromatic heterocycles. The van der Waals surface area contributed by atoms with Gasteiger partial charge in [-0.1, -0.05) is 44.2 Å². The van der Waals surface area contributed by atoms with E-state index in [-0.39, 0.29) is 25.0 Å². The molecule has 3 amide bonds. The van der Waals surface area contributed by atoms with E-state index in [0.29, 0.717) is 43.8 Å². The number of aromatic nitrogens is 1. The second-order valence-electron chi connectivity index (χ2n) is 12.1. The lowest BCUT2D eigenvalue weighted by molar-refractivity contribution is -0.150. The van der Waals surface area contributed by atoms with Crippen LogP contribution in [0, 0.1) is 11.3 Å². The molecule has 1 aromatic carbocycles. The van der Waals surface area contributed by atoms with E-state index in [0.717, 1.165) is 10.9 Å². The summed E-state index contributed by atoms with van der Waals surface area (Å²) >= 11 is 0. The van der Waals surface area contributed by atoms with Crippen LogP contribution in [0.4, 0.5) is 0 Å². The topological polar surface area (TPSA) is 179 Å². The standard InChI is InChI=1S/C32H43N5O8/c1-19(2)27(38)29(40)34-21(4)30(41)37-13-5-6-25(36-37)28(39)33-20(3)24-10-9-23-8-7-22(16-26(23)35-24)11-12-32(31(42)43)17-44-14-15-45-18-32/h7-12,16,19-21,25,27,36,38H,5-6,13-15,17-18H2,1-4H3,(H,33,39)(H,34,40)(H,42,43)/t20-,21+,25?,27+/m1/s1. The molecule has 13 heteroatoms. The van der Waals surface area contributed by atoms with Gasteiger partial charge in [0, 0.05) is 11.9 Å². The van der Waals surface area contributed by atoms with E-state index in [1.165, 1.54) is 11.9 Å². The van der Waals surface area contributed by atoms with Crippen LogP contribution in [0.15, 0.2) is 36.4 Å². The molecule has 5 N–H and O–H groups in total. The van der Waals surface area contributed by atoms with E-state index in [9.17, 15) is 29.4 Å². The third-order valence-electron chi connectivity index (χ3n) is 8.05. The molecule has 2 aliphatic rings. The monoisotopic (exact) mass is 625 g/mol. The van der Waals surface area contributed by atoms with Gasteiger partial charge in [-0.15, -0.1) is 0 Å². The molecular weight excluding hydrogens is 582 g/mol. The average molecular weight is 626 g/mol. The van der Waals surface area contributed by atoms with Gasteiger partial charge >= 0.3 is 5.97 Å². The number of nitrogens with one attached hydrogen (secondary N) is 3. The number of aliphatic hydroxyl groups is 1. The number of carbonyl (C=O) groups is 4. The molecule has 1 unspecified atom stereocenters. The lowest BCUT2D eigenvalue weighted by atomic mass is 9.89. The van der Waals surface area contributed by atoms with Gasteiger partial charge in [-0.05, 0) is 50.3 Å². The van der Waals surface area contributed by atoms with Gasteiger partial charge in [0.15, 0.2) is 0 Å². The van der Waals surface area contributed by atoms with Crippen LogP contribution >= 0.6 is 0 Å². The van der Waals surface area contributed by atoms with Crippen molar-refractivity contribution in [2.75, 3.05) is 33.0 Å². The Hall–Kier alpha value is -3.91. The zero-order valence-corrected chi connectivity index (χ0v) is 26.1. The predicted octanol–water partition coefficient (Wildman–Crippen LogP) is 1.56. The fraction of sp³-hybridized carbons (Fsp3) is 0.531. The largest absolute Gasteiger partial charge is 0.480 e. The number of nitrogens with zero attached hydrogens (tertiary/aromatic N) is 2. The second-order valence-corrected chi connectivity index (χ2v) is 12.1. The summed E-state index contributed by atoms with van der Waals surface area (Å²) in [6.45, 7) is 7.88. The van der Waals surface area contributed by atoms with Crippen molar-refractivity contribution in [3.8, 4) is 0 Å². The zero-order valence-electron chi connectivity index (χ0n) is 26.1. The number of carbonyl (C=O) groups excluding carboxylic acids is 3. The number of hydrazine groups is 1. The smallest absolute Gasteiger partial charge is 0.318 e. The van der Waals surface area contributed by atoms with Gasteiger partial charge < -0.3 is 30.3 Å². The molecule has 4 rings (SSSR count). The van der Waals surface area contributed by atoms with Gasteiger partial charge in [0.25, 0.3) is 5.91 Å². The van der Waals surface area contributed by atoms with Gasteiger partial charge in [-0.25, -0.2) is 5.43 Å². The molecule has 3 heterocycles. The highest BCUT2D eigenvalue weighted by molar-refractivity contribution is 5.90. The number of rotatable bonds is 10. The molecule has 0 aliphatic carbocycles. The quantitative estimate of drug-likeness (QED) is 0.260. The molecular formula is C32H43N5O8. The summed E-state index contributed by atoms with van der Waals surface area (Å²) in [4.78, 5) is 55.2. The summed E-state index contributed by atoms with van der Waals surface area (Å²) in [5.41, 5.74) is 3.77. The molecule has 4 atom stereocenters. The molecule has 2 saturated heterocycles. The van der Waals surface area contributed by atoms with Crippen LogP contribution in [-0.4, -0.2) is 95.1 Å². The summed E-state index contributed by atoms with van der Waals surface area (Å²) in [6, 6.07) is 7.37. The highest BCUT2D eigenvalue weighted by Gasteiger charge is 2.38. The first kappa shape index (κ1) is 34.0. The number of benzene rings is 1. The maximum absolute atomic E-state index is 13.2. The SMILES string of the molecule is CC(C)[C@H](O)C(=O)N[C@@H](C)C(=O)N1CCCC(C(=O)N[C@H](C)c2ccc3ccc(C=CC4(C(=O)O)COCCOC4)cc3n2)N1. The van der Waals surface area contributed by atoms with Crippen molar-refractivity contribution in [2.45, 2.75) is 64.8 Å². The van der Waals surface area contributed by atoms with Crippen LogP contribution in [0.25, 0.3) is 17.0 Å². The average Bonchev–Trinajstić information content (AvgIpc) is 3.29. The number of hydrogen-bond donors (Lipinski definition) is 5. The number of amides is 3. The van der Waals surface area contributed by atoms with Crippen LogP contribution in [-0.2, 0) is 28.7 Å². The Morgan fingerprint density at radius 1 is 1.07 bits per heavy atom. The fourth-order valence-electron chi connectivity index (χ4n) is 5.13. The summed E-state index contributed by atoms with van der Waals surface area (Å²) < 4.78 is 10.9. The number of hydrogen-bond acceptors (Lipinski definition) is 9. The Bertz CT molecular complexity index is 1420. The predicted molar refractivity (Wildman–Crippen MR) is 165 cm³/mol. The number of pyridine rings is 1. The van der Waals surface area contributed by atoms with Crippen molar-refractivity contribution in [3.05, 3.63) is 47.7 Å². The van der Waals surface area contributed by atoms with Gasteiger partial charge in [0.05, 0.1) is 43.7 Å². The number of ether oxygens (including phenoxy) is 2. The van der Waals surface area contributed by atoms with Crippen LogP contribution in [0.1, 0.15) is 57.8 Å². The van der Waals surface area contributed by atoms with E-state index in [1.54, 1.807) is 26.0 Å². The molecule has 0 saturated carbocycles. The summed E-state index contributed by atoms with van der Waals surface area (Å²) in [5, 5.41) is 27.6. The Kier molecular flexibility index (Phi) is 11.3. The number of aliphatic carboxylic acids is 1. The normalized spacial score (nSPS) is 20.8. The number of carboxylic acids is 1. The Balaban J connectivity index is 1.39. The molecule has 0 spiro atoms. The van der Waals surface area contributed by atoms with E-state index >= 15 is 0 Å². The third kappa shape index (κ3) is 8.42. The van der Waals surface area contributed by atoms with Gasteiger partial charge in [0.1, 0.15) is 23.6 Å². The fourth-order valence-corrected chi connectivity index (χ4v) is 5.13. The Labute approximate surface area is 262 Å². The molecule has 2 fully saturated rings. The van der Waals surface area contributed by atoms with E-state index in [4.69, 9.17) is 14.5 Å². The van der Waals surface area contributed by atoms with Crippen LogP contribution in [0.3, 0.4) is 0 Å². The molecule has 0 bridgehead atoms. The zero-order chi connectivity index (χ0) is 32.7. The minimum atomic E-state index is -1.28. The summed E-state index contributed by atoms with van der Waals surface area (Å²) in [5.74, 6) is -2.63. The lowest BCUT2D eigenvalue weighted by Gasteiger charge is -2.35. The Morgan fingerprint density at radius 2 is 1.76 bits per heavy atom. The maximum Gasteiger partial charge on any atom is 0.318 e. The van der Waals surface area contributed by atoms with Gasteiger partial charge in [0.2, 0.25) is 11.8 Å². The summed E-state index contributed by atoms with van der Waals surface area (Å²) in [7, 11) is 0. The number of aliphatic hydroxyl groups excluding tert-OH is 1. The van der Waals surface area contributed by atoms with E-state index in [1.807, 2.05) is 37.3 Å². The highest BCUT2D eigenvalue weighted by Crippen LogP contribution is 2.26. The van der Waals surface area contributed by atoms with Crippen molar-refractivity contribution in [1.82, 2.24) is 26.1 Å². The first-order chi connectivity index (χ1) is 21.4. The number of carboxylic acid groups (broad SMARTS) is 1. The van der Waals surface area contributed by atoms with Crippen molar-refractivity contribution in [3.63, 3.8) is 0 Å². The lowest BCUT2D eigenvalue weighted by Crippen LogP contribution is -2.61. The van der Waals surface area contributed by atoms with Crippen LogP contribution in [0.2, 0.25) is 0 Å². The van der Waals surface area contributed by atoms with Crippen molar-refractivity contribution in [1.29, 1.82) is 0 Å². The third-order valence-corrected chi connectivity index (χ3v) is 8.05. The van der Waals surface area contributed by atoms with Crippen LogP contribution in [0.5, 0.6) is 0 Å². The minimum absolute atomic E-state index is 0.0197. The number of fused-ring (bicyclic) bond motifs is 1. The summed E-state index contributed by atoms with van der Waals surface area (Å²) in [6.07, 6.45) is 3.22. The second kappa shape index (κ2) is 14.9. The first-order valence-corrected chi connectivity index (χ1v) is 15.3. The molecule has 2 aliphatic heterocycles. The van der Waals surface area contributed by atoms with E-state index < -0.39 is 47.4 Å². The van der Waals surface area contributed by atoms with Crippen LogP contribution < -0.4 is 16.1 Å². The van der Waals surface area contributed by atoms with Gasteiger partial charge in [-0.2, -0.15) is 0 Å². The minimum Gasteiger partial charge on any atom is -0.480 e. The van der Waals surface area contributed by atoms with Crippen molar-refractivity contribution < 1.29 is 38.9 Å². The molecule has 244 valence electrons. The molecule has 45 heavy (non-hydrogen) atoms. The molecule has 13 nitrogen and oxygen atoms in total. The van der Waals surface area contributed by atoms with Crippen molar-refractivity contribution >= 4 is 40.7 Å². The first-order valence-electron chi connectivity index (χ1n) is 15.3. The maximum atomic E-state index is 13.2. The van der Waals surface area contributed by atoms with Crippen molar-refractivity contribution in [2.24, 2.45) is 11.3 Å². The van der Waals surface area contributed by atoms with Gasteiger partial charge in [-0.3, -0.25) is 29.2 Å². The molecule has 0 radical (unpaired) electrons.